The van der Waals surface area contributed by atoms with Gasteiger partial charge in [0.05, 0.1) is 0 Å². The molecular formula is C14H24Si. The van der Waals surface area contributed by atoms with Crippen LogP contribution in [0.5, 0.6) is 0 Å². The molecule has 2 aliphatic carbocycles. The van der Waals surface area contributed by atoms with Crippen LogP contribution in [0.2, 0.25) is 11.1 Å². The van der Waals surface area contributed by atoms with E-state index in [9.17, 15) is 0 Å². The highest BCUT2D eigenvalue weighted by atomic mass is 28.2. The molecule has 0 aliphatic heterocycles. The summed E-state index contributed by atoms with van der Waals surface area (Å²) in [6, 6.07) is 1.50. The summed E-state index contributed by atoms with van der Waals surface area (Å²) >= 11 is 0. The van der Waals surface area contributed by atoms with Gasteiger partial charge in [-0.05, 0) is 42.2 Å². The van der Waals surface area contributed by atoms with Gasteiger partial charge >= 0.3 is 0 Å². The average Bonchev–Trinajstić information content (AvgIpc) is 2.57. The Bertz CT molecular complexity index is 291. The van der Waals surface area contributed by atoms with Crippen molar-refractivity contribution in [3.05, 3.63) is 23.3 Å². The number of hydrogen-bond acceptors (Lipinski definition) is 0. The van der Waals surface area contributed by atoms with E-state index in [1.165, 1.54) is 31.7 Å². The highest BCUT2D eigenvalue weighted by molar-refractivity contribution is 6.39. The van der Waals surface area contributed by atoms with E-state index in [1.54, 1.807) is 5.57 Å². The SMILES string of the molecule is CC(C)(C)[SiH2]CC1C=CC2=C1CCCC2. The molecule has 0 heterocycles. The largest absolute Gasteiger partial charge is 0.0774 e. The molecule has 0 amide bonds. The minimum atomic E-state index is 0.0875. The maximum atomic E-state index is 2.49. The standard InChI is InChI=1S/C14H24Si/c1-14(2,3)15-10-12-9-8-11-6-4-5-7-13(11)12/h8-9,12H,4-7,10,15H2,1-3H3. The molecule has 0 radical (unpaired) electrons. The van der Waals surface area contributed by atoms with Crippen molar-refractivity contribution in [1.29, 1.82) is 0 Å². The lowest BCUT2D eigenvalue weighted by molar-refractivity contribution is 0.639. The number of rotatable bonds is 2. The molecule has 0 fully saturated rings. The van der Waals surface area contributed by atoms with Crippen LogP contribution < -0.4 is 0 Å². The molecule has 0 aromatic rings. The van der Waals surface area contributed by atoms with Gasteiger partial charge in [-0.25, -0.2) is 0 Å². The fourth-order valence-corrected chi connectivity index (χ4v) is 4.49. The quantitative estimate of drug-likeness (QED) is 0.620. The van der Waals surface area contributed by atoms with Crippen LogP contribution in [0.1, 0.15) is 46.5 Å². The van der Waals surface area contributed by atoms with Crippen molar-refractivity contribution in [2.75, 3.05) is 0 Å². The first-order valence-corrected chi connectivity index (χ1v) is 8.17. The molecule has 0 aromatic carbocycles. The van der Waals surface area contributed by atoms with Gasteiger partial charge in [-0.3, -0.25) is 0 Å². The Labute approximate surface area is 96.7 Å². The first-order chi connectivity index (χ1) is 7.06. The molecule has 0 N–H and O–H groups in total. The molecule has 84 valence electrons. The summed E-state index contributed by atoms with van der Waals surface area (Å²) in [6.45, 7) is 7.23. The van der Waals surface area contributed by atoms with Crippen molar-refractivity contribution < 1.29 is 0 Å². The van der Waals surface area contributed by atoms with Gasteiger partial charge < -0.3 is 0 Å². The summed E-state index contributed by atoms with van der Waals surface area (Å²) in [5, 5.41) is 0.631. The maximum absolute atomic E-state index is 2.49. The minimum Gasteiger partial charge on any atom is -0.0774 e. The van der Waals surface area contributed by atoms with E-state index in [0.29, 0.717) is 5.04 Å². The van der Waals surface area contributed by atoms with Crippen molar-refractivity contribution in [1.82, 2.24) is 0 Å². The Morgan fingerprint density at radius 2 is 2.00 bits per heavy atom. The van der Waals surface area contributed by atoms with Crippen LogP contribution in [0.4, 0.5) is 0 Å². The van der Waals surface area contributed by atoms with Gasteiger partial charge in [-0.2, -0.15) is 0 Å². The Hall–Kier alpha value is -0.303. The third-order valence-electron chi connectivity index (χ3n) is 3.74. The van der Waals surface area contributed by atoms with Crippen molar-refractivity contribution in [3.63, 3.8) is 0 Å². The summed E-state index contributed by atoms with van der Waals surface area (Å²) < 4.78 is 0. The second-order valence-corrected chi connectivity index (χ2v) is 9.52. The summed E-state index contributed by atoms with van der Waals surface area (Å²) in [7, 11) is 0.0875. The van der Waals surface area contributed by atoms with Crippen LogP contribution >= 0.6 is 0 Å². The Morgan fingerprint density at radius 3 is 2.73 bits per heavy atom. The molecule has 2 aliphatic rings. The second-order valence-electron chi connectivity index (χ2n) is 6.32. The molecule has 0 saturated carbocycles. The molecule has 0 nitrogen and oxygen atoms in total. The Morgan fingerprint density at radius 1 is 1.27 bits per heavy atom. The third kappa shape index (κ3) is 2.84. The lowest BCUT2D eigenvalue weighted by atomic mass is 9.89. The summed E-state index contributed by atoms with van der Waals surface area (Å²) in [6.07, 6.45) is 10.5. The zero-order chi connectivity index (χ0) is 10.9. The first-order valence-electron chi connectivity index (χ1n) is 6.46. The summed E-state index contributed by atoms with van der Waals surface area (Å²) in [4.78, 5) is 0. The van der Waals surface area contributed by atoms with E-state index < -0.39 is 0 Å². The van der Waals surface area contributed by atoms with E-state index in [-0.39, 0.29) is 9.52 Å². The van der Waals surface area contributed by atoms with Crippen LogP contribution in [0.25, 0.3) is 0 Å². The molecule has 0 aromatic heterocycles. The van der Waals surface area contributed by atoms with Crippen molar-refractivity contribution in [3.8, 4) is 0 Å². The molecule has 0 spiro atoms. The van der Waals surface area contributed by atoms with Gasteiger partial charge in [0.15, 0.2) is 0 Å². The van der Waals surface area contributed by atoms with Crippen LogP contribution in [0, 0.1) is 5.92 Å². The van der Waals surface area contributed by atoms with Gasteiger partial charge in [0.2, 0.25) is 0 Å². The second kappa shape index (κ2) is 4.29. The van der Waals surface area contributed by atoms with E-state index in [4.69, 9.17) is 0 Å². The topological polar surface area (TPSA) is 0 Å². The fraction of sp³-hybridized carbons (Fsp3) is 0.714. The third-order valence-corrected chi connectivity index (χ3v) is 6.15. The van der Waals surface area contributed by atoms with Crippen LogP contribution in [0.3, 0.4) is 0 Å². The molecule has 15 heavy (non-hydrogen) atoms. The van der Waals surface area contributed by atoms with Crippen molar-refractivity contribution in [2.45, 2.75) is 57.5 Å². The van der Waals surface area contributed by atoms with Gasteiger partial charge in [0, 0.05) is 9.52 Å². The number of hydrogen-bond donors (Lipinski definition) is 0. The summed E-state index contributed by atoms with van der Waals surface area (Å²) in [5.74, 6) is 0.853. The fourth-order valence-electron chi connectivity index (χ4n) is 2.77. The zero-order valence-electron chi connectivity index (χ0n) is 10.5. The molecule has 1 unspecified atom stereocenters. The van der Waals surface area contributed by atoms with E-state index in [2.05, 4.69) is 32.9 Å². The van der Waals surface area contributed by atoms with Crippen LogP contribution in [-0.4, -0.2) is 9.52 Å². The predicted molar refractivity (Wildman–Crippen MR) is 71.2 cm³/mol. The first kappa shape index (κ1) is 11.2. The van der Waals surface area contributed by atoms with Crippen LogP contribution in [0.15, 0.2) is 23.3 Å². The number of allylic oxidation sites excluding steroid dienone is 4. The lowest BCUT2D eigenvalue weighted by Crippen LogP contribution is -2.13. The van der Waals surface area contributed by atoms with E-state index in [0.717, 1.165) is 5.92 Å². The minimum absolute atomic E-state index is 0.0875. The molecule has 0 saturated heterocycles. The van der Waals surface area contributed by atoms with E-state index in [1.807, 2.05) is 5.57 Å². The molecule has 1 atom stereocenters. The van der Waals surface area contributed by atoms with Crippen molar-refractivity contribution in [2.24, 2.45) is 5.92 Å². The highest BCUT2D eigenvalue weighted by Crippen LogP contribution is 2.39. The molecule has 2 rings (SSSR count). The smallest absolute Gasteiger partial charge is 0.0269 e. The maximum Gasteiger partial charge on any atom is 0.0269 e. The van der Waals surface area contributed by atoms with Crippen LogP contribution in [-0.2, 0) is 0 Å². The predicted octanol–water partition coefficient (Wildman–Crippen LogP) is 3.85. The van der Waals surface area contributed by atoms with E-state index >= 15 is 0 Å². The van der Waals surface area contributed by atoms with Crippen molar-refractivity contribution >= 4 is 9.52 Å². The zero-order valence-corrected chi connectivity index (χ0v) is 11.9. The average molecular weight is 220 g/mol. The Balaban J connectivity index is 1.95. The summed E-state index contributed by atoms with van der Waals surface area (Å²) in [5.41, 5.74) is 3.52. The monoisotopic (exact) mass is 220 g/mol. The molecule has 1 heteroatoms. The van der Waals surface area contributed by atoms with Gasteiger partial charge in [0.25, 0.3) is 0 Å². The van der Waals surface area contributed by atoms with Gasteiger partial charge in [0.1, 0.15) is 0 Å². The lowest BCUT2D eigenvalue weighted by Gasteiger charge is -2.23. The van der Waals surface area contributed by atoms with Gasteiger partial charge in [-0.1, -0.05) is 44.5 Å². The molecular weight excluding hydrogens is 196 g/mol. The normalized spacial score (nSPS) is 26.7. The molecule has 0 bridgehead atoms. The highest BCUT2D eigenvalue weighted by Gasteiger charge is 2.24. The Kier molecular flexibility index (Phi) is 3.20. The van der Waals surface area contributed by atoms with Gasteiger partial charge in [-0.15, -0.1) is 0 Å².